The highest BCUT2D eigenvalue weighted by atomic mass is 15.3. The van der Waals surface area contributed by atoms with Crippen molar-refractivity contribution in [1.29, 1.82) is 0 Å². The molecule has 0 spiro atoms. The van der Waals surface area contributed by atoms with Gasteiger partial charge < -0.3 is 4.90 Å². The maximum absolute atomic E-state index is 5.45. The molecular weight excluding hydrogens is 769 g/mol. The van der Waals surface area contributed by atoms with Gasteiger partial charge in [0.2, 0.25) is 0 Å². The molecule has 4 aromatic heterocycles. The monoisotopic (exact) mass is 808 g/mol. The summed E-state index contributed by atoms with van der Waals surface area (Å²) in [6.07, 6.45) is 8.97. The zero-order chi connectivity index (χ0) is 41.9. The Balaban J connectivity index is 1.11. The predicted molar refractivity (Wildman–Crippen MR) is 257 cm³/mol. The van der Waals surface area contributed by atoms with Gasteiger partial charge in [-0.15, -0.1) is 0 Å². The van der Waals surface area contributed by atoms with Crippen LogP contribution in [0.1, 0.15) is 12.5 Å². The number of anilines is 2. The fourth-order valence-corrected chi connectivity index (χ4v) is 9.71. The van der Waals surface area contributed by atoms with Crippen molar-refractivity contribution in [3.8, 4) is 62.2 Å². The fraction of sp³-hybridized carbons (Fsp3) is 0.0526. The van der Waals surface area contributed by atoms with Gasteiger partial charge in [0.25, 0.3) is 0 Å². The molecule has 0 N–H and O–H groups in total. The Morgan fingerprint density at radius 2 is 1.03 bits per heavy atom. The minimum absolute atomic E-state index is 0.00400. The molecule has 0 bridgehead atoms. The van der Waals surface area contributed by atoms with E-state index >= 15 is 0 Å². The third-order valence-electron chi connectivity index (χ3n) is 12.7. The lowest BCUT2D eigenvalue weighted by atomic mass is 9.76. The Morgan fingerprint density at radius 3 is 1.76 bits per heavy atom. The van der Waals surface area contributed by atoms with Crippen molar-refractivity contribution >= 4 is 33.3 Å². The van der Waals surface area contributed by atoms with Gasteiger partial charge in [-0.3, -0.25) is 4.57 Å². The molecule has 2 aliphatic rings. The number of fused-ring (bicyclic) bond motifs is 6. The van der Waals surface area contributed by atoms with Gasteiger partial charge in [0, 0.05) is 44.0 Å². The minimum atomic E-state index is -0.309. The quantitative estimate of drug-likeness (QED) is 0.160. The first kappa shape index (κ1) is 36.6. The highest BCUT2D eigenvalue weighted by molar-refractivity contribution is 6.13. The van der Waals surface area contributed by atoms with E-state index in [4.69, 9.17) is 19.9 Å². The van der Waals surface area contributed by atoms with E-state index in [1.807, 2.05) is 30.3 Å². The van der Waals surface area contributed by atoms with E-state index in [1.54, 1.807) is 0 Å². The van der Waals surface area contributed by atoms with Crippen LogP contribution in [0.25, 0.3) is 84.0 Å². The molecule has 10 aromatic rings. The van der Waals surface area contributed by atoms with Crippen molar-refractivity contribution in [2.75, 3.05) is 4.90 Å². The van der Waals surface area contributed by atoms with Crippen LogP contribution in [0.4, 0.5) is 11.5 Å². The molecule has 12 rings (SSSR count). The molecule has 1 aliphatic carbocycles. The molecule has 6 heteroatoms. The van der Waals surface area contributed by atoms with Crippen LogP contribution in [-0.2, 0) is 5.41 Å². The smallest absolute Gasteiger partial charge is 0.160 e. The average molecular weight is 809 g/mol. The second-order valence-corrected chi connectivity index (χ2v) is 16.4. The van der Waals surface area contributed by atoms with Crippen LogP contribution >= 0.6 is 0 Å². The van der Waals surface area contributed by atoms with Crippen LogP contribution < -0.4 is 4.90 Å². The summed E-state index contributed by atoms with van der Waals surface area (Å²) in [4.78, 5) is 24.0. The molecule has 6 aromatic carbocycles. The summed E-state index contributed by atoms with van der Waals surface area (Å²) in [5, 5.41) is 2.28. The van der Waals surface area contributed by atoms with Gasteiger partial charge >= 0.3 is 0 Å². The molecule has 1 aliphatic heterocycles. The molecule has 2 atom stereocenters. The number of hydrogen-bond donors (Lipinski definition) is 0. The third-order valence-corrected chi connectivity index (χ3v) is 12.7. The molecule has 0 radical (unpaired) electrons. The average Bonchev–Trinajstić information content (AvgIpc) is 3.84. The first-order valence-corrected chi connectivity index (χ1v) is 21.4. The minimum Gasteiger partial charge on any atom is -0.317 e. The molecule has 2 unspecified atom stereocenters. The lowest BCUT2D eigenvalue weighted by Crippen LogP contribution is -2.39. The van der Waals surface area contributed by atoms with Crippen LogP contribution in [-0.4, -0.2) is 30.5 Å². The third kappa shape index (κ3) is 6.02. The summed E-state index contributed by atoms with van der Waals surface area (Å²) < 4.78 is 2.30. The second-order valence-electron chi connectivity index (χ2n) is 16.4. The van der Waals surface area contributed by atoms with E-state index in [1.165, 1.54) is 5.56 Å². The van der Waals surface area contributed by atoms with Crippen LogP contribution in [0.5, 0.6) is 0 Å². The van der Waals surface area contributed by atoms with E-state index in [2.05, 4.69) is 204 Å². The summed E-state index contributed by atoms with van der Waals surface area (Å²) in [6, 6.07) is 67.6. The van der Waals surface area contributed by atoms with Crippen molar-refractivity contribution in [2.24, 2.45) is 0 Å². The van der Waals surface area contributed by atoms with Gasteiger partial charge in [-0.05, 0) is 48.9 Å². The molecule has 298 valence electrons. The molecule has 0 saturated carbocycles. The Kier molecular flexibility index (Phi) is 8.57. The van der Waals surface area contributed by atoms with E-state index < -0.39 is 0 Å². The topological polar surface area (TPSA) is 59.7 Å². The maximum Gasteiger partial charge on any atom is 0.160 e. The van der Waals surface area contributed by atoms with Gasteiger partial charge in [0.1, 0.15) is 11.6 Å². The highest BCUT2D eigenvalue weighted by Gasteiger charge is 2.48. The zero-order valence-electron chi connectivity index (χ0n) is 34.5. The number of aromatic nitrogens is 5. The molecule has 0 amide bonds. The summed E-state index contributed by atoms with van der Waals surface area (Å²) >= 11 is 0. The van der Waals surface area contributed by atoms with Gasteiger partial charge in [0.05, 0.1) is 45.5 Å². The van der Waals surface area contributed by atoms with E-state index in [9.17, 15) is 0 Å². The molecule has 6 nitrogen and oxygen atoms in total. The van der Waals surface area contributed by atoms with Crippen molar-refractivity contribution < 1.29 is 0 Å². The first-order chi connectivity index (χ1) is 31.1. The van der Waals surface area contributed by atoms with Crippen LogP contribution in [0.3, 0.4) is 0 Å². The van der Waals surface area contributed by atoms with Gasteiger partial charge in [-0.1, -0.05) is 182 Å². The summed E-state index contributed by atoms with van der Waals surface area (Å²) in [5.41, 5.74) is 12.7. The van der Waals surface area contributed by atoms with Crippen molar-refractivity contribution in [2.45, 2.75) is 18.4 Å². The summed E-state index contributed by atoms with van der Waals surface area (Å²) in [5.74, 6) is 2.38. The van der Waals surface area contributed by atoms with E-state index in [0.29, 0.717) is 5.82 Å². The second kappa shape index (κ2) is 14.8. The number of pyridine rings is 2. The molecular formula is C57H40N6. The number of allylic oxidation sites excluding steroid dienone is 2. The number of nitrogens with zero attached hydrogens (tertiary/aromatic N) is 6. The molecule has 63 heavy (non-hydrogen) atoms. The summed E-state index contributed by atoms with van der Waals surface area (Å²) in [7, 11) is 0. The van der Waals surface area contributed by atoms with Gasteiger partial charge in [-0.2, -0.15) is 0 Å². The standard InChI is InChI=1S/C57H40N6/c1-57-36-14-13-33-51(57)63(53-35-18-31-47(59-53)39-21-7-3-8-22-39)55-44(28-16-29-45(55)57)49-37-48(60-56(61-49)40-23-9-4-10-24-40)43-27-15-26-42-41-25-11-12-32-50(41)62(54(42)43)52-34-17-30-46(58-52)38-19-5-2-6-20-38/h2-37,51H,1H3. The van der Waals surface area contributed by atoms with Crippen LogP contribution in [0.15, 0.2) is 218 Å². The number of rotatable bonds is 7. The first-order valence-electron chi connectivity index (χ1n) is 21.4. The SMILES string of the molecule is CC12C=CC=CC1N(c1cccc(-c3ccccc3)n1)c1c(-c3cc(-c4cccc5c6ccccc6n(-c6cccc(-c7ccccc7)n6)c45)nc(-c4ccccc4)n3)cccc12. The maximum atomic E-state index is 5.45. The molecule has 0 fully saturated rings. The molecule has 5 heterocycles. The Labute approximate surface area is 365 Å². The molecule has 0 saturated heterocycles. The van der Waals surface area contributed by atoms with Crippen molar-refractivity contribution in [1.82, 2.24) is 24.5 Å². The Morgan fingerprint density at radius 1 is 0.460 bits per heavy atom. The predicted octanol–water partition coefficient (Wildman–Crippen LogP) is 13.6. The van der Waals surface area contributed by atoms with E-state index in [-0.39, 0.29) is 11.5 Å². The lowest BCUT2D eigenvalue weighted by Gasteiger charge is -2.34. The lowest BCUT2D eigenvalue weighted by molar-refractivity contribution is 0.549. The zero-order valence-corrected chi connectivity index (χ0v) is 34.5. The van der Waals surface area contributed by atoms with Gasteiger partial charge in [0.15, 0.2) is 5.82 Å². The number of para-hydroxylation sites is 3. The van der Waals surface area contributed by atoms with Crippen LogP contribution in [0, 0.1) is 0 Å². The van der Waals surface area contributed by atoms with Gasteiger partial charge in [-0.25, -0.2) is 19.9 Å². The van der Waals surface area contributed by atoms with Crippen LogP contribution in [0.2, 0.25) is 0 Å². The fourth-order valence-electron chi connectivity index (χ4n) is 9.71. The van der Waals surface area contributed by atoms with Crippen molar-refractivity contribution in [3.05, 3.63) is 224 Å². The Bertz CT molecular complexity index is 3430. The van der Waals surface area contributed by atoms with Crippen molar-refractivity contribution in [3.63, 3.8) is 0 Å². The largest absolute Gasteiger partial charge is 0.317 e. The summed E-state index contributed by atoms with van der Waals surface area (Å²) in [6.45, 7) is 2.34. The highest BCUT2D eigenvalue weighted by Crippen LogP contribution is 2.54. The Hall–Kier alpha value is -8.22. The normalized spacial score (nSPS) is 16.4. The van der Waals surface area contributed by atoms with E-state index in [0.717, 1.165) is 89.7 Å². The number of hydrogen-bond acceptors (Lipinski definition) is 5. The number of benzene rings is 6.